The molecule has 4 unspecified atom stereocenters. The normalized spacial score (nSPS) is 14.1. The Labute approximate surface area is 230 Å². The smallest absolute Gasteiger partial charge is 0.326 e. The second-order valence-electron chi connectivity index (χ2n) is 9.87. The van der Waals surface area contributed by atoms with Crippen LogP contribution in [0.4, 0.5) is 0 Å². The van der Waals surface area contributed by atoms with Crippen molar-refractivity contribution in [2.24, 2.45) is 23.1 Å². The first-order valence-corrected chi connectivity index (χ1v) is 12.8. The topological polar surface area (TPSA) is 253 Å². The number of hydrogen-bond acceptors (Lipinski definition) is 7. The fourth-order valence-corrected chi connectivity index (χ4v) is 4.06. The molecule has 0 saturated carbocycles. The van der Waals surface area contributed by atoms with Crippen LogP contribution in [0.3, 0.4) is 0 Å². The number of carbonyl (C=O) groups excluding carboxylic acids is 5. The Kier molecular flexibility index (Phi) is 11.6. The molecule has 1 aromatic heterocycles. The summed E-state index contributed by atoms with van der Waals surface area (Å²) in [5, 5.41) is 17.6. The van der Waals surface area contributed by atoms with Gasteiger partial charge >= 0.3 is 5.97 Å². The molecule has 4 atom stereocenters. The number of carboxylic acids is 1. The van der Waals surface area contributed by atoms with Crippen molar-refractivity contribution in [1.29, 1.82) is 0 Å². The fourth-order valence-electron chi connectivity index (χ4n) is 4.06. The van der Waals surface area contributed by atoms with Gasteiger partial charge in [0, 0.05) is 29.9 Å². The number of carbonyl (C=O) groups is 6. The lowest BCUT2D eigenvalue weighted by Crippen LogP contribution is -2.58. The highest BCUT2D eigenvalue weighted by Gasteiger charge is 2.32. The average Bonchev–Trinajstić information content (AvgIpc) is 3.28. The highest BCUT2D eigenvalue weighted by Crippen LogP contribution is 2.19. The van der Waals surface area contributed by atoms with Crippen molar-refractivity contribution < 1.29 is 33.9 Å². The molecule has 2 aromatic rings. The number of para-hydroxylation sites is 1. The molecule has 1 heterocycles. The van der Waals surface area contributed by atoms with Gasteiger partial charge < -0.3 is 43.2 Å². The van der Waals surface area contributed by atoms with Crippen LogP contribution in [0.25, 0.3) is 10.9 Å². The summed E-state index contributed by atoms with van der Waals surface area (Å²) in [6, 6.07) is 2.64. The Hall–Kier alpha value is -4.46. The first-order chi connectivity index (χ1) is 18.8. The van der Waals surface area contributed by atoms with E-state index in [9.17, 15) is 33.9 Å². The molecule has 14 heteroatoms. The van der Waals surface area contributed by atoms with Crippen molar-refractivity contribution >= 4 is 46.4 Å². The Morgan fingerprint density at radius 3 is 2.00 bits per heavy atom. The number of aromatic amines is 1. The number of aromatic nitrogens is 1. The van der Waals surface area contributed by atoms with Gasteiger partial charge in [-0.3, -0.25) is 24.0 Å². The molecule has 0 aliphatic heterocycles. The highest BCUT2D eigenvalue weighted by atomic mass is 16.4. The molecule has 0 bridgehead atoms. The van der Waals surface area contributed by atoms with Gasteiger partial charge in [0.25, 0.3) is 0 Å². The molecule has 2 rings (SSSR count). The molecule has 5 amide bonds. The van der Waals surface area contributed by atoms with Crippen LogP contribution in [-0.2, 0) is 35.2 Å². The van der Waals surface area contributed by atoms with Gasteiger partial charge in [-0.1, -0.05) is 32.0 Å². The van der Waals surface area contributed by atoms with E-state index in [1.807, 2.05) is 24.3 Å². The molecule has 11 N–H and O–H groups in total. The number of carboxylic acid groups (broad SMARTS) is 1. The summed E-state index contributed by atoms with van der Waals surface area (Å²) >= 11 is 0. The summed E-state index contributed by atoms with van der Waals surface area (Å²) in [5.74, 6) is -5.56. The number of hydrogen-bond donors (Lipinski definition) is 8. The van der Waals surface area contributed by atoms with Gasteiger partial charge in [0.1, 0.15) is 18.1 Å². The minimum Gasteiger partial charge on any atom is -0.480 e. The highest BCUT2D eigenvalue weighted by molar-refractivity contribution is 5.95. The largest absolute Gasteiger partial charge is 0.480 e. The zero-order valence-corrected chi connectivity index (χ0v) is 22.4. The molecule has 0 saturated heterocycles. The van der Waals surface area contributed by atoms with Crippen molar-refractivity contribution in [3.8, 4) is 0 Å². The van der Waals surface area contributed by atoms with Crippen LogP contribution < -0.4 is 33.2 Å². The molecule has 0 aliphatic rings. The van der Waals surface area contributed by atoms with Crippen LogP contribution in [0.2, 0.25) is 0 Å². The van der Waals surface area contributed by atoms with Crippen molar-refractivity contribution in [1.82, 2.24) is 20.9 Å². The lowest BCUT2D eigenvalue weighted by atomic mass is 10.00. The number of nitrogens with two attached hydrogens (primary N) is 3. The second kappa shape index (κ2) is 14.6. The van der Waals surface area contributed by atoms with Crippen LogP contribution >= 0.6 is 0 Å². The average molecular weight is 560 g/mol. The van der Waals surface area contributed by atoms with Crippen LogP contribution in [0.15, 0.2) is 30.5 Å². The predicted molar refractivity (Wildman–Crippen MR) is 145 cm³/mol. The molecule has 0 fully saturated rings. The van der Waals surface area contributed by atoms with E-state index < -0.39 is 65.6 Å². The van der Waals surface area contributed by atoms with E-state index in [0.29, 0.717) is 0 Å². The van der Waals surface area contributed by atoms with E-state index in [2.05, 4.69) is 20.9 Å². The second-order valence-corrected chi connectivity index (χ2v) is 9.87. The van der Waals surface area contributed by atoms with Gasteiger partial charge in [-0.25, -0.2) is 4.79 Å². The number of aliphatic carboxylic acids is 1. The Morgan fingerprint density at radius 2 is 1.43 bits per heavy atom. The number of primary amides is 2. The SMILES string of the molecule is CC(C)C(NC(=O)C(N)Cc1c[nH]c2ccccc12)C(=O)NC(CCC(N)=O)C(=O)NC(CCC(N)=O)C(=O)O. The van der Waals surface area contributed by atoms with E-state index in [1.165, 1.54) is 0 Å². The van der Waals surface area contributed by atoms with E-state index >= 15 is 0 Å². The number of amides is 5. The molecule has 14 nitrogen and oxygen atoms in total. The lowest BCUT2D eigenvalue weighted by Gasteiger charge is -2.27. The van der Waals surface area contributed by atoms with Crippen molar-refractivity contribution in [2.45, 2.75) is 70.1 Å². The Bertz CT molecular complexity index is 1240. The third-order valence-corrected chi connectivity index (χ3v) is 6.30. The monoisotopic (exact) mass is 559 g/mol. The maximum Gasteiger partial charge on any atom is 0.326 e. The van der Waals surface area contributed by atoms with Crippen LogP contribution in [0.5, 0.6) is 0 Å². The van der Waals surface area contributed by atoms with Gasteiger partial charge in [0.2, 0.25) is 29.5 Å². The zero-order valence-electron chi connectivity index (χ0n) is 22.4. The van der Waals surface area contributed by atoms with Gasteiger partial charge in [0.15, 0.2) is 0 Å². The first kappa shape index (κ1) is 31.8. The zero-order chi connectivity index (χ0) is 30.0. The van der Waals surface area contributed by atoms with E-state index in [-0.39, 0.29) is 32.1 Å². The summed E-state index contributed by atoms with van der Waals surface area (Å²) in [5.41, 5.74) is 18.1. The van der Waals surface area contributed by atoms with E-state index in [4.69, 9.17) is 17.2 Å². The van der Waals surface area contributed by atoms with E-state index in [1.54, 1.807) is 20.0 Å². The van der Waals surface area contributed by atoms with Gasteiger partial charge in [-0.05, 0) is 36.8 Å². The van der Waals surface area contributed by atoms with Crippen molar-refractivity contribution in [3.63, 3.8) is 0 Å². The molecular weight excluding hydrogens is 522 g/mol. The molecule has 0 aliphatic carbocycles. The molecular formula is C26H37N7O7. The Balaban J connectivity index is 2.12. The molecule has 0 radical (unpaired) electrons. The summed E-state index contributed by atoms with van der Waals surface area (Å²) in [6.45, 7) is 3.36. The maximum atomic E-state index is 13.2. The number of fused-ring (bicyclic) bond motifs is 1. The standard InChI is InChI=1S/C26H37N7O7/c1-13(2)22(33-23(36)16(27)11-14-12-30-17-6-4-3-5-15(14)17)25(38)31-18(7-9-20(28)34)24(37)32-19(26(39)40)8-10-21(29)35/h3-6,12-13,16,18-19,22,30H,7-11,27H2,1-2H3,(H2,28,34)(H2,29,35)(H,31,38)(H,32,37)(H,33,36)(H,39,40). The van der Waals surface area contributed by atoms with Crippen LogP contribution in [0.1, 0.15) is 45.1 Å². The van der Waals surface area contributed by atoms with Gasteiger partial charge in [-0.2, -0.15) is 0 Å². The van der Waals surface area contributed by atoms with E-state index in [0.717, 1.165) is 16.5 Å². The quantitative estimate of drug-likeness (QED) is 0.123. The summed E-state index contributed by atoms with van der Waals surface area (Å²) in [4.78, 5) is 76.1. The first-order valence-electron chi connectivity index (χ1n) is 12.8. The van der Waals surface area contributed by atoms with Crippen LogP contribution in [0, 0.1) is 5.92 Å². The summed E-state index contributed by atoms with van der Waals surface area (Å²) in [6.07, 6.45) is 0.884. The number of benzene rings is 1. The number of rotatable bonds is 16. The van der Waals surface area contributed by atoms with Gasteiger partial charge in [-0.15, -0.1) is 0 Å². The third-order valence-electron chi connectivity index (χ3n) is 6.30. The lowest BCUT2D eigenvalue weighted by molar-refractivity contribution is -0.143. The number of nitrogens with one attached hydrogen (secondary N) is 4. The van der Waals surface area contributed by atoms with Crippen molar-refractivity contribution in [2.75, 3.05) is 0 Å². The third kappa shape index (κ3) is 9.38. The van der Waals surface area contributed by atoms with Crippen molar-refractivity contribution in [3.05, 3.63) is 36.0 Å². The molecule has 0 spiro atoms. The fraction of sp³-hybridized carbons (Fsp3) is 0.462. The summed E-state index contributed by atoms with van der Waals surface area (Å²) < 4.78 is 0. The minimum absolute atomic E-state index is 0.202. The maximum absolute atomic E-state index is 13.2. The van der Waals surface area contributed by atoms with Crippen LogP contribution in [-0.4, -0.2) is 69.8 Å². The predicted octanol–water partition coefficient (Wildman–Crippen LogP) is -1.24. The summed E-state index contributed by atoms with van der Waals surface area (Å²) in [7, 11) is 0. The molecule has 1 aromatic carbocycles. The molecule has 40 heavy (non-hydrogen) atoms. The Morgan fingerprint density at radius 1 is 0.850 bits per heavy atom. The molecule has 218 valence electrons. The van der Waals surface area contributed by atoms with Gasteiger partial charge in [0.05, 0.1) is 6.04 Å². The number of H-pyrrole nitrogens is 1. The minimum atomic E-state index is -1.46.